The zero-order chi connectivity index (χ0) is 55.5. The number of aliphatic hydroxyl groups excluding tert-OH is 3. The molecule has 0 spiro atoms. The second kappa shape index (κ2) is 19.5. The number of Topliss-reactive ketones (excluding diaryl/α,β-unsaturated/α-hetero) is 2. The zero-order valence-corrected chi connectivity index (χ0v) is 41.7. The van der Waals surface area contributed by atoms with Crippen molar-refractivity contribution >= 4 is 40.9 Å². The van der Waals surface area contributed by atoms with E-state index >= 15 is 0 Å². The summed E-state index contributed by atoms with van der Waals surface area (Å²) in [7, 11) is 2.54. The van der Waals surface area contributed by atoms with Crippen molar-refractivity contribution in [1.82, 2.24) is 0 Å². The first-order valence-electron chi connectivity index (χ1n) is 24.6. The second-order valence-corrected chi connectivity index (χ2v) is 20.3. The SMILES string of the molecule is COc1cccc2c1C(=O)c1c(O)c3c(c(O)c1C2=O)CC(O)(C(=O)C=N[C@H]1C[C@H](OC2CC(O)(C(=O)CO)Cc4c(O)c5c(c(O)c42)C(=O)c2c(OC)cccc2C5=O)O[C@@H](C)[C@H]1O)CC3O[C@H]1C[C@H](N)[C@H](O)[C@H](C)O1. The molecule has 2 heterocycles. The summed E-state index contributed by atoms with van der Waals surface area (Å²) in [4.78, 5) is 88.4. The number of ether oxygens (including phenoxy) is 6. The Morgan fingerprint density at radius 2 is 1.10 bits per heavy atom. The topological polar surface area (TPSA) is 378 Å². The van der Waals surface area contributed by atoms with Gasteiger partial charge < -0.3 is 80.1 Å². The van der Waals surface area contributed by atoms with Crippen LogP contribution in [0.2, 0.25) is 0 Å². The van der Waals surface area contributed by atoms with Gasteiger partial charge in [-0.2, -0.15) is 0 Å². The lowest BCUT2D eigenvalue weighted by Gasteiger charge is -2.42. The first-order chi connectivity index (χ1) is 36.5. The van der Waals surface area contributed by atoms with Gasteiger partial charge in [0.2, 0.25) is 17.3 Å². The molecule has 406 valence electrons. The third kappa shape index (κ3) is 8.39. The van der Waals surface area contributed by atoms with Crippen molar-refractivity contribution in [3.05, 3.63) is 103 Å². The van der Waals surface area contributed by atoms with E-state index in [0.29, 0.717) is 6.21 Å². The van der Waals surface area contributed by atoms with Gasteiger partial charge in [0.1, 0.15) is 58.4 Å². The average Bonchev–Trinajstić information content (AvgIpc) is 3.43. The standard InChI is InChI=1S/C54H54N2O21/c1-19-43(60)25(55)11-33(74-19)76-29-15-53(70,13-23-37(29)51(68)41-39(47(23)64)45(62)21-7-5-9-27(72-3)35(21)49(41)66)31(58)17-56-26-12-34(75-20(2)44(26)61)77-30-16-54(71,32(59)18-57)14-24-38(30)52(69)42-40(48(24)65)46(63)22-8-6-10-28(73-4)36(22)50(42)67/h5-10,17,19-20,25-26,29-30,33-34,43-44,57,60-61,64-65,68-71H,11-16,18,55H2,1-4H3/t19-,20-,25-,26-,29?,30?,33-,34-,43+,44+,53?,54?/m0/s1. The lowest BCUT2D eigenvalue weighted by molar-refractivity contribution is -0.247. The van der Waals surface area contributed by atoms with E-state index in [4.69, 9.17) is 34.2 Å². The fourth-order valence-corrected chi connectivity index (χ4v) is 11.7. The summed E-state index contributed by atoms with van der Waals surface area (Å²) in [5.74, 6) is -9.08. The smallest absolute Gasteiger partial charge is 0.205 e. The minimum Gasteiger partial charge on any atom is -0.507 e. The predicted molar refractivity (Wildman–Crippen MR) is 261 cm³/mol. The number of rotatable bonds is 11. The largest absolute Gasteiger partial charge is 0.507 e. The summed E-state index contributed by atoms with van der Waals surface area (Å²) in [6.45, 7) is 1.77. The van der Waals surface area contributed by atoms with Gasteiger partial charge in [0.05, 0.1) is 90.4 Å². The van der Waals surface area contributed by atoms with Crippen molar-refractivity contribution in [3.8, 4) is 34.5 Å². The maximum absolute atomic E-state index is 14.5. The number of aromatic hydroxyl groups is 4. The number of carbonyl (C=O) groups excluding carboxylic acids is 6. The average molecular weight is 1070 g/mol. The van der Waals surface area contributed by atoms with Crippen LogP contribution in [0.5, 0.6) is 34.5 Å². The fraction of sp³-hybridized carbons (Fsp3) is 0.426. The van der Waals surface area contributed by atoms with Crippen molar-refractivity contribution in [2.24, 2.45) is 10.7 Å². The highest BCUT2D eigenvalue weighted by atomic mass is 16.7. The van der Waals surface area contributed by atoms with Crippen LogP contribution in [-0.4, -0.2) is 168 Å². The third-order valence-electron chi connectivity index (χ3n) is 15.7. The van der Waals surface area contributed by atoms with Crippen LogP contribution in [0.3, 0.4) is 0 Å². The maximum atomic E-state index is 14.5. The van der Waals surface area contributed by atoms with Crippen molar-refractivity contribution < 1.29 is 103 Å². The van der Waals surface area contributed by atoms with Crippen molar-refractivity contribution in [3.63, 3.8) is 0 Å². The minimum absolute atomic E-state index is 0.00520. The highest BCUT2D eigenvalue weighted by Gasteiger charge is 2.53. The number of hydrogen-bond donors (Lipinski definition) is 10. The molecule has 23 heteroatoms. The Kier molecular flexibility index (Phi) is 13.5. The minimum atomic E-state index is -2.57. The predicted octanol–water partition coefficient (Wildman–Crippen LogP) is 1.14. The van der Waals surface area contributed by atoms with Crippen LogP contribution in [0.4, 0.5) is 0 Å². The van der Waals surface area contributed by atoms with E-state index in [0.717, 1.165) is 0 Å². The number of benzene rings is 4. The number of aliphatic hydroxyl groups is 5. The number of nitrogens with zero attached hydrogens (tertiary/aromatic N) is 1. The van der Waals surface area contributed by atoms with Gasteiger partial charge in [-0.1, -0.05) is 24.3 Å². The second-order valence-electron chi connectivity index (χ2n) is 20.3. The number of ketones is 6. The van der Waals surface area contributed by atoms with E-state index in [1.54, 1.807) is 0 Å². The molecule has 10 rings (SSSR count). The Bertz CT molecular complexity index is 3250. The summed E-state index contributed by atoms with van der Waals surface area (Å²) >= 11 is 0. The van der Waals surface area contributed by atoms with Gasteiger partial charge >= 0.3 is 0 Å². The number of fused-ring (bicyclic) bond motifs is 6. The molecule has 77 heavy (non-hydrogen) atoms. The van der Waals surface area contributed by atoms with Crippen LogP contribution in [0.25, 0.3) is 0 Å². The third-order valence-corrected chi connectivity index (χ3v) is 15.7. The summed E-state index contributed by atoms with van der Waals surface area (Å²) in [6, 6.07) is 6.22. The molecule has 4 unspecified atom stereocenters. The molecule has 0 bridgehead atoms. The van der Waals surface area contributed by atoms with Gasteiger partial charge in [0.15, 0.2) is 29.9 Å². The first-order valence-corrected chi connectivity index (χ1v) is 24.6. The molecule has 11 N–H and O–H groups in total. The number of carbonyl (C=O) groups is 6. The Morgan fingerprint density at radius 3 is 1.57 bits per heavy atom. The fourth-order valence-electron chi connectivity index (χ4n) is 11.7. The van der Waals surface area contributed by atoms with E-state index in [9.17, 15) is 74.7 Å². The number of methoxy groups -OCH3 is 2. The molecular formula is C54H54N2O21. The number of phenolic OH excluding ortho intramolecular Hbond substituents is 4. The van der Waals surface area contributed by atoms with Gasteiger partial charge in [-0.3, -0.25) is 33.8 Å². The summed E-state index contributed by atoms with van der Waals surface area (Å²) < 4.78 is 35.1. The normalized spacial score (nSPS) is 30.4. The highest BCUT2D eigenvalue weighted by molar-refractivity contribution is 6.33. The van der Waals surface area contributed by atoms with E-state index in [1.165, 1.54) is 64.5 Å². The summed E-state index contributed by atoms with van der Waals surface area (Å²) in [5, 5.41) is 104. The maximum Gasteiger partial charge on any atom is 0.205 e. The zero-order valence-electron chi connectivity index (χ0n) is 41.7. The van der Waals surface area contributed by atoms with Crippen LogP contribution in [0.15, 0.2) is 41.4 Å². The van der Waals surface area contributed by atoms with E-state index < -0.39 is 191 Å². The van der Waals surface area contributed by atoms with Crippen LogP contribution in [0, 0.1) is 0 Å². The van der Waals surface area contributed by atoms with Crippen LogP contribution in [-0.2, 0) is 41.4 Å². The Labute approximate surface area is 437 Å². The Hall–Kier alpha value is -7.03. The number of aliphatic imine (C=N–C) groups is 1. The molecule has 2 saturated heterocycles. The van der Waals surface area contributed by atoms with E-state index in [1.807, 2.05) is 0 Å². The first kappa shape index (κ1) is 53.4. The van der Waals surface area contributed by atoms with Crippen molar-refractivity contribution in [1.29, 1.82) is 0 Å². The van der Waals surface area contributed by atoms with Crippen LogP contribution in [0.1, 0.15) is 138 Å². The molecule has 0 saturated carbocycles. The Balaban J connectivity index is 0.976. The van der Waals surface area contributed by atoms with Gasteiger partial charge in [-0.15, -0.1) is 0 Å². The van der Waals surface area contributed by atoms with Crippen molar-refractivity contribution in [2.45, 2.75) is 125 Å². The monoisotopic (exact) mass is 1070 g/mol. The molecule has 0 amide bonds. The van der Waals surface area contributed by atoms with E-state index in [2.05, 4.69) is 4.99 Å². The van der Waals surface area contributed by atoms with Gasteiger partial charge in [-0.05, 0) is 26.0 Å². The van der Waals surface area contributed by atoms with Crippen LogP contribution >= 0.6 is 0 Å². The molecule has 12 atom stereocenters. The van der Waals surface area contributed by atoms with Crippen molar-refractivity contribution in [2.75, 3.05) is 20.8 Å². The summed E-state index contributed by atoms with van der Waals surface area (Å²) in [5.41, 5.74) is -3.21. The molecular weight excluding hydrogens is 1010 g/mol. The van der Waals surface area contributed by atoms with Crippen LogP contribution < -0.4 is 15.2 Å². The van der Waals surface area contributed by atoms with Gasteiger partial charge in [-0.25, -0.2) is 0 Å². The molecule has 23 nitrogen and oxygen atoms in total. The molecule has 0 aromatic heterocycles. The molecule has 0 radical (unpaired) electrons. The highest BCUT2D eigenvalue weighted by Crippen LogP contribution is 2.55. The number of phenols is 4. The molecule has 4 aromatic rings. The number of hydrogen-bond acceptors (Lipinski definition) is 23. The van der Waals surface area contributed by atoms with E-state index in [-0.39, 0.29) is 62.4 Å². The quantitative estimate of drug-likeness (QED) is 0.0642. The lowest BCUT2D eigenvalue weighted by Crippen LogP contribution is -2.53. The molecule has 4 aromatic carbocycles. The lowest BCUT2D eigenvalue weighted by atomic mass is 9.72. The number of nitrogens with two attached hydrogens (primary N) is 1. The molecule has 6 aliphatic rings. The molecule has 2 aliphatic heterocycles. The molecule has 2 fully saturated rings. The molecule has 4 aliphatic carbocycles. The van der Waals surface area contributed by atoms with Gasteiger partial charge in [0, 0.05) is 77.9 Å². The Morgan fingerprint density at radius 1 is 0.662 bits per heavy atom. The van der Waals surface area contributed by atoms with Gasteiger partial charge in [0.25, 0.3) is 0 Å². The summed E-state index contributed by atoms with van der Waals surface area (Å²) in [6.07, 6.45) is -13.3.